The molecule has 3 N–H and O–H groups in total. The van der Waals surface area contributed by atoms with Gasteiger partial charge in [0.05, 0.1) is 0 Å². The van der Waals surface area contributed by atoms with Gasteiger partial charge in [-0.05, 0) is 46.9 Å². The van der Waals surface area contributed by atoms with E-state index in [-0.39, 0.29) is 36.2 Å². The molecular weight excluding hydrogens is 444 g/mol. The van der Waals surface area contributed by atoms with Crippen LogP contribution in [0.4, 0.5) is 4.79 Å². The van der Waals surface area contributed by atoms with Crippen LogP contribution in [0.5, 0.6) is 0 Å². The van der Waals surface area contributed by atoms with E-state index in [0.29, 0.717) is 19.4 Å². The summed E-state index contributed by atoms with van der Waals surface area (Å²) in [5.74, 6) is -1.77. The Morgan fingerprint density at radius 1 is 1.03 bits per heavy atom. The van der Waals surface area contributed by atoms with E-state index in [4.69, 9.17) is 4.74 Å². The normalized spacial score (nSPS) is 20.4. The number of hydrogen-bond donors (Lipinski definition) is 3. The number of nitrogens with one attached hydrogen (secondary N) is 2. The van der Waals surface area contributed by atoms with Gasteiger partial charge in [-0.25, -0.2) is 9.59 Å². The predicted octanol–water partition coefficient (Wildman–Crippen LogP) is 4.56. The Morgan fingerprint density at radius 2 is 1.66 bits per heavy atom. The molecule has 2 aliphatic carbocycles. The predicted molar refractivity (Wildman–Crippen MR) is 133 cm³/mol. The smallest absolute Gasteiger partial charge is 0.407 e. The zero-order chi connectivity index (χ0) is 24.9. The molecule has 2 aromatic carbocycles. The van der Waals surface area contributed by atoms with E-state index >= 15 is 0 Å². The monoisotopic (exact) mass is 478 g/mol. The van der Waals surface area contributed by atoms with Gasteiger partial charge in [0.15, 0.2) is 0 Å². The Labute approximate surface area is 206 Å². The van der Waals surface area contributed by atoms with Gasteiger partial charge in [0.25, 0.3) is 0 Å². The van der Waals surface area contributed by atoms with Gasteiger partial charge in [-0.15, -0.1) is 0 Å². The zero-order valence-electron chi connectivity index (χ0n) is 20.3. The highest BCUT2D eigenvalue weighted by molar-refractivity contribution is 5.85. The minimum absolute atomic E-state index is 0.00772. The van der Waals surface area contributed by atoms with Gasteiger partial charge in [0.1, 0.15) is 12.6 Å². The summed E-state index contributed by atoms with van der Waals surface area (Å²) in [5, 5.41) is 15.1. The molecule has 1 saturated carbocycles. The van der Waals surface area contributed by atoms with Crippen molar-refractivity contribution in [1.82, 2.24) is 10.6 Å². The summed E-state index contributed by atoms with van der Waals surface area (Å²) in [7, 11) is 0. The fraction of sp³-hybridized carbons (Fsp3) is 0.464. The van der Waals surface area contributed by atoms with Crippen molar-refractivity contribution >= 4 is 18.0 Å². The number of rotatable bonds is 9. The van der Waals surface area contributed by atoms with Gasteiger partial charge in [-0.1, -0.05) is 75.2 Å². The number of alkyl carbamates (subject to hydrolysis) is 1. The summed E-state index contributed by atoms with van der Waals surface area (Å²) in [6.07, 6.45) is 2.53. The summed E-state index contributed by atoms with van der Waals surface area (Å²) in [6, 6.07) is 15.5. The van der Waals surface area contributed by atoms with Crippen molar-refractivity contribution in [2.45, 2.75) is 51.5 Å². The van der Waals surface area contributed by atoms with E-state index in [9.17, 15) is 19.5 Å². The summed E-state index contributed by atoms with van der Waals surface area (Å²) >= 11 is 0. The number of benzene rings is 2. The number of hydrogen-bond acceptors (Lipinski definition) is 4. The van der Waals surface area contributed by atoms with E-state index in [1.165, 1.54) is 11.1 Å². The lowest BCUT2D eigenvalue weighted by Crippen LogP contribution is -2.48. The van der Waals surface area contributed by atoms with Crippen LogP contribution < -0.4 is 10.6 Å². The summed E-state index contributed by atoms with van der Waals surface area (Å²) < 4.78 is 5.61. The molecule has 0 saturated heterocycles. The van der Waals surface area contributed by atoms with E-state index < -0.39 is 18.1 Å². The van der Waals surface area contributed by atoms with Crippen molar-refractivity contribution in [1.29, 1.82) is 0 Å². The molecule has 0 spiro atoms. The molecule has 0 bridgehead atoms. The van der Waals surface area contributed by atoms with Gasteiger partial charge in [-0.2, -0.15) is 0 Å². The number of carboxylic acid groups (broad SMARTS) is 1. The standard InChI is InChI=1S/C28H34N2O5/c1-3-17(2)25(27(32)33)30-26(31)19-14-8-9-18(19)15-29-28(34)35-16-24-22-12-6-4-10-20(22)21-11-5-7-13-23(21)24/h4-7,10-13,17-19,24-25H,3,8-9,14-16H2,1-2H3,(H,29,34)(H,30,31)(H,32,33)/t17-,18-,19-,25-/m0/s1. The Hall–Kier alpha value is -3.35. The first-order valence-electron chi connectivity index (χ1n) is 12.5. The lowest BCUT2D eigenvalue weighted by atomic mass is 9.93. The van der Waals surface area contributed by atoms with E-state index in [0.717, 1.165) is 24.0 Å². The average Bonchev–Trinajstić information content (AvgIpc) is 3.47. The van der Waals surface area contributed by atoms with Gasteiger partial charge in [0, 0.05) is 18.4 Å². The van der Waals surface area contributed by atoms with Crippen molar-refractivity contribution < 1.29 is 24.2 Å². The second-order valence-corrected chi connectivity index (χ2v) is 9.71. The van der Waals surface area contributed by atoms with Crippen molar-refractivity contribution in [2.24, 2.45) is 17.8 Å². The van der Waals surface area contributed by atoms with Crippen molar-refractivity contribution in [3.05, 3.63) is 59.7 Å². The number of carbonyl (C=O) groups is 3. The number of amides is 2. The Balaban J connectivity index is 1.31. The van der Waals surface area contributed by atoms with Crippen molar-refractivity contribution in [3.8, 4) is 11.1 Å². The quantitative estimate of drug-likeness (QED) is 0.490. The molecule has 7 nitrogen and oxygen atoms in total. The molecule has 4 atom stereocenters. The third kappa shape index (κ3) is 5.34. The molecule has 2 amide bonds. The van der Waals surface area contributed by atoms with Crippen LogP contribution in [0.15, 0.2) is 48.5 Å². The minimum atomic E-state index is -1.01. The summed E-state index contributed by atoms with van der Waals surface area (Å²) in [5.41, 5.74) is 4.66. The van der Waals surface area contributed by atoms with Gasteiger partial charge < -0.3 is 20.5 Å². The second-order valence-electron chi connectivity index (χ2n) is 9.71. The SMILES string of the molecule is CC[C@H](C)[C@H](NC(=O)[C@H]1CCC[C@H]1CNC(=O)OCC1c2ccccc2-c2ccccc21)C(=O)O. The third-order valence-electron chi connectivity index (χ3n) is 7.62. The van der Waals surface area contributed by atoms with Crippen LogP contribution in [0.2, 0.25) is 0 Å². The van der Waals surface area contributed by atoms with Gasteiger partial charge >= 0.3 is 12.1 Å². The summed E-state index contributed by atoms with van der Waals surface area (Å²) in [4.78, 5) is 37.0. The van der Waals surface area contributed by atoms with Crippen LogP contribution in [-0.4, -0.2) is 42.3 Å². The van der Waals surface area contributed by atoms with Crippen LogP contribution in [0.1, 0.15) is 56.6 Å². The van der Waals surface area contributed by atoms with Crippen LogP contribution in [0, 0.1) is 17.8 Å². The molecule has 1 fully saturated rings. The Bertz CT molecular complexity index is 1040. The second kappa shape index (κ2) is 10.9. The Kier molecular flexibility index (Phi) is 7.73. The first-order valence-corrected chi connectivity index (χ1v) is 12.5. The van der Waals surface area contributed by atoms with E-state index in [2.05, 4.69) is 34.9 Å². The molecule has 35 heavy (non-hydrogen) atoms. The van der Waals surface area contributed by atoms with Crippen LogP contribution >= 0.6 is 0 Å². The van der Waals surface area contributed by atoms with Crippen LogP contribution in [0.3, 0.4) is 0 Å². The molecular formula is C28H34N2O5. The lowest BCUT2D eigenvalue weighted by Gasteiger charge is -2.25. The maximum atomic E-state index is 12.9. The van der Waals surface area contributed by atoms with Crippen LogP contribution in [0.25, 0.3) is 11.1 Å². The number of aliphatic carboxylic acids is 1. The molecule has 2 aliphatic rings. The minimum Gasteiger partial charge on any atom is -0.480 e. The van der Waals surface area contributed by atoms with Crippen LogP contribution in [-0.2, 0) is 14.3 Å². The topological polar surface area (TPSA) is 105 Å². The molecule has 186 valence electrons. The highest BCUT2D eigenvalue weighted by Crippen LogP contribution is 2.44. The lowest BCUT2D eigenvalue weighted by molar-refractivity contribution is -0.144. The maximum absolute atomic E-state index is 12.9. The average molecular weight is 479 g/mol. The first-order chi connectivity index (χ1) is 16.9. The molecule has 7 heteroatoms. The molecule has 0 unspecified atom stereocenters. The molecule has 2 aromatic rings. The summed E-state index contributed by atoms with van der Waals surface area (Å²) in [6.45, 7) is 4.30. The molecule has 0 heterocycles. The largest absolute Gasteiger partial charge is 0.480 e. The fourth-order valence-electron chi connectivity index (χ4n) is 5.43. The first kappa shape index (κ1) is 24.8. The van der Waals surface area contributed by atoms with Gasteiger partial charge in [0.2, 0.25) is 5.91 Å². The fourth-order valence-corrected chi connectivity index (χ4v) is 5.43. The molecule has 4 rings (SSSR count). The molecule has 0 aliphatic heterocycles. The third-order valence-corrected chi connectivity index (χ3v) is 7.62. The highest BCUT2D eigenvalue weighted by atomic mass is 16.5. The molecule has 0 aromatic heterocycles. The zero-order valence-corrected chi connectivity index (χ0v) is 20.3. The van der Waals surface area contributed by atoms with Gasteiger partial charge in [-0.3, -0.25) is 4.79 Å². The van der Waals surface area contributed by atoms with E-state index in [1.807, 2.05) is 38.1 Å². The highest BCUT2D eigenvalue weighted by Gasteiger charge is 2.36. The maximum Gasteiger partial charge on any atom is 0.407 e. The molecule has 0 radical (unpaired) electrons. The number of ether oxygens (including phenoxy) is 1. The number of carboxylic acids is 1. The van der Waals surface area contributed by atoms with Crippen molar-refractivity contribution in [3.63, 3.8) is 0 Å². The van der Waals surface area contributed by atoms with Crippen molar-refractivity contribution in [2.75, 3.05) is 13.2 Å². The number of fused-ring (bicyclic) bond motifs is 3. The Morgan fingerprint density at radius 3 is 2.26 bits per heavy atom. The number of carbonyl (C=O) groups excluding carboxylic acids is 2. The van der Waals surface area contributed by atoms with E-state index in [1.54, 1.807) is 0 Å².